The van der Waals surface area contributed by atoms with E-state index in [0.717, 1.165) is 50.3 Å². The van der Waals surface area contributed by atoms with Crippen molar-refractivity contribution in [3.05, 3.63) is 107 Å². The third-order valence-corrected chi connectivity index (χ3v) is 12.2. The zero-order chi connectivity index (χ0) is 41.3. The van der Waals surface area contributed by atoms with Crippen LogP contribution in [-0.2, 0) is 20.9 Å². The number of piperidine rings is 2. The van der Waals surface area contributed by atoms with Gasteiger partial charge >= 0.3 is 0 Å². The number of halogens is 1. The number of imide groups is 1. The molecule has 2 atom stereocenters. The standard InChI is InChI=1S/C44H44ClN9O6/c45-35-22-31(60-30-6-2-1-3-7-30)9-11-33(35)40(57)34-23-46-41-39(34)42(48-26-47-41)49-28-5-4-15-53(25-28)38(56)14-16-51-17-19-52(20-18-51)29-8-10-32-27(21-29)24-54(44(32)59)36-12-13-37(55)50-43(36)58/h1-3,6-11,21-23,26,28,36H,4-5,12-20,24-25H2,(H,50,55,58)(H2,46,47,48,49)/t28-,36+/m1/s1. The number of hydrogen-bond donors (Lipinski definition) is 3. The normalized spacial score (nSPS) is 19.7. The number of ether oxygens (including phenoxy) is 1. The minimum absolute atomic E-state index is 0.0704. The zero-order valence-electron chi connectivity index (χ0n) is 32.9. The van der Waals surface area contributed by atoms with Gasteiger partial charge in [-0.15, -0.1) is 0 Å². The largest absolute Gasteiger partial charge is 0.457 e. The van der Waals surface area contributed by atoms with E-state index in [9.17, 15) is 24.0 Å². The zero-order valence-corrected chi connectivity index (χ0v) is 33.6. The minimum Gasteiger partial charge on any atom is -0.457 e. The first kappa shape index (κ1) is 39.2. The first-order valence-electron chi connectivity index (χ1n) is 20.4. The van der Waals surface area contributed by atoms with Crippen LogP contribution in [0.1, 0.15) is 63.9 Å². The van der Waals surface area contributed by atoms with Crippen LogP contribution in [0.3, 0.4) is 0 Å². The van der Waals surface area contributed by atoms with Crippen molar-refractivity contribution in [2.45, 2.75) is 50.7 Å². The lowest BCUT2D eigenvalue weighted by Crippen LogP contribution is -2.52. The molecule has 4 amide bonds. The van der Waals surface area contributed by atoms with E-state index in [1.807, 2.05) is 53.4 Å². The van der Waals surface area contributed by atoms with Gasteiger partial charge in [0.2, 0.25) is 17.7 Å². The monoisotopic (exact) mass is 829 g/mol. The molecule has 6 heterocycles. The third kappa shape index (κ3) is 8.02. The molecule has 4 aliphatic heterocycles. The van der Waals surface area contributed by atoms with Crippen molar-refractivity contribution in [3.63, 3.8) is 0 Å². The Morgan fingerprint density at radius 1 is 0.900 bits per heavy atom. The summed E-state index contributed by atoms with van der Waals surface area (Å²) in [7, 11) is 0. The molecule has 9 rings (SSSR count). The van der Waals surface area contributed by atoms with Crippen LogP contribution in [0, 0.1) is 0 Å². The number of likely N-dealkylation sites (tertiary alicyclic amines) is 1. The summed E-state index contributed by atoms with van der Waals surface area (Å²) in [6.07, 6.45) is 5.72. The molecule has 4 aliphatic rings. The fraction of sp³-hybridized carbons (Fsp3) is 0.341. The molecule has 0 saturated carbocycles. The second-order valence-electron chi connectivity index (χ2n) is 15.7. The molecule has 3 saturated heterocycles. The Balaban J connectivity index is 0.777. The van der Waals surface area contributed by atoms with E-state index in [4.69, 9.17) is 16.3 Å². The summed E-state index contributed by atoms with van der Waals surface area (Å²) in [4.78, 5) is 84.8. The Labute approximate surface area is 351 Å². The molecule has 0 radical (unpaired) electrons. The fourth-order valence-corrected chi connectivity index (χ4v) is 8.93. The van der Waals surface area contributed by atoms with Crippen LogP contribution in [0.15, 0.2) is 79.3 Å². The van der Waals surface area contributed by atoms with E-state index < -0.39 is 11.9 Å². The Kier molecular flexibility index (Phi) is 10.9. The van der Waals surface area contributed by atoms with Gasteiger partial charge < -0.3 is 29.7 Å². The lowest BCUT2D eigenvalue weighted by molar-refractivity contribution is -0.137. The predicted octanol–water partition coefficient (Wildman–Crippen LogP) is 5.01. The van der Waals surface area contributed by atoms with Gasteiger partial charge in [0.05, 0.1) is 16.0 Å². The van der Waals surface area contributed by atoms with Gasteiger partial charge in [-0.05, 0) is 67.3 Å². The molecule has 0 aliphatic carbocycles. The average Bonchev–Trinajstić information content (AvgIpc) is 3.84. The number of carbonyl (C=O) groups is 5. The van der Waals surface area contributed by atoms with Gasteiger partial charge in [0.1, 0.15) is 35.3 Å². The SMILES string of the molecule is O=C1CC[C@H](N2Cc3cc(N4CCN(CCC(=O)N5CCC[C@@H](Nc6ncnc7[nH]cc(C(=O)c8ccc(Oc9ccccc9)cc8Cl)c67)C5)CC4)ccc3C2=O)C(=O)N1. The second-order valence-corrected chi connectivity index (χ2v) is 16.1. The number of aromatic amines is 1. The topological polar surface area (TPSA) is 173 Å². The number of H-pyrrole nitrogens is 1. The number of fused-ring (bicyclic) bond motifs is 2. The molecular formula is C44H44ClN9O6. The van der Waals surface area contributed by atoms with Crippen molar-refractivity contribution < 1.29 is 28.7 Å². The molecule has 0 unspecified atom stereocenters. The number of carbonyl (C=O) groups excluding carboxylic acids is 5. The smallest absolute Gasteiger partial charge is 0.255 e. The number of benzene rings is 3. The van der Waals surface area contributed by atoms with Gasteiger partial charge in [-0.3, -0.25) is 34.2 Å². The summed E-state index contributed by atoms with van der Waals surface area (Å²) in [6, 6.07) is 19.5. The molecule has 0 spiro atoms. The lowest BCUT2D eigenvalue weighted by Gasteiger charge is -2.37. The molecule has 16 heteroatoms. The molecule has 2 aromatic heterocycles. The van der Waals surface area contributed by atoms with Gasteiger partial charge in [-0.1, -0.05) is 29.8 Å². The van der Waals surface area contributed by atoms with Crippen molar-refractivity contribution >= 4 is 63.6 Å². The van der Waals surface area contributed by atoms with Gasteiger partial charge in [0.25, 0.3) is 5.91 Å². The summed E-state index contributed by atoms with van der Waals surface area (Å²) in [6.45, 7) is 5.36. The van der Waals surface area contributed by atoms with E-state index in [2.05, 4.69) is 35.4 Å². The van der Waals surface area contributed by atoms with Crippen molar-refractivity contribution in [2.24, 2.45) is 0 Å². The maximum Gasteiger partial charge on any atom is 0.255 e. The highest BCUT2D eigenvalue weighted by molar-refractivity contribution is 6.35. The third-order valence-electron chi connectivity index (χ3n) is 11.9. The maximum atomic E-state index is 13.9. The van der Waals surface area contributed by atoms with Gasteiger partial charge in [0.15, 0.2) is 5.78 Å². The minimum atomic E-state index is -0.638. The number of nitrogens with one attached hydrogen (secondary N) is 3. The first-order valence-corrected chi connectivity index (χ1v) is 20.7. The highest BCUT2D eigenvalue weighted by atomic mass is 35.5. The van der Waals surface area contributed by atoms with Crippen LogP contribution < -0.4 is 20.3 Å². The van der Waals surface area contributed by atoms with Crippen molar-refractivity contribution in [3.8, 4) is 11.5 Å². The quantitative estimate of drug-likeness (QED) is 0.121. The summed E-state index contributed by atoms with van der Waals surface area (Å²) >= 11 is 6.63. The summed E-state index contributed by atoms with van der Waals surface area (Å²) < 4.78 is 5.90. The van der Waals surface area contributed by atoms with Gasteiger partial charge in [0, 0.05) is 100 Å². The Hall–Kier alpha value is -6.32. The van der Waals surface area contributed by atoms with E-state index >= 15 is 0 Å². The number of hydrogen-bond acceptors (Lipinski definition) is 11. The van der Waals surface area contributed by atoms with Crippen LogP contribution in [0.4, 0.5) is 11.5 Å². The number of rotatable bonds is 11. The van der Waals surface area contributed by atoms with Crippen LogP contribution in [-0.4, -0.2) is 117 Å². The molecule has 5 aromatic rings. The highest BCUT2D eigenvalue weighted by Crippen LogP contribution is 2.33. The summed E-state index contributed by atoms with van der Waals surface area (Å²) in [5.41, 5.74) is 3.74. The van der Waals surface area contributed by atoms with Gasteiger partial charge in [-0.2, -0.15) is 0 Å². The maximum absolute atomic E-state index is 13.9. The Morgan fingerprint density at radius 2 is 1.73 bits per heavy atom. The highest BCUT2D eigenvalue weighted by Gasteiger charge is 2.39. The molecule has 308 valence electrons. The van der Waals surface area contributed by atoms with E-state index in [1.54, 1.807) is 29.3 Å². The second kappa shape index (κ2) is 16.7. The molecule has 3 fully saturated rings. The van der Waals surface area contributed by atoms with Crippen LogP contribution in [0.25, 0.3) is 11.0 Å². The number of aromatic nitrogens is 3. The van der Waals surface area contributed by atoms with Gasteiger partial charge in [-0.25, -0.2) is 9.97 Å². The molecular weight excluding hydrogens is 786 g/mol. The number of para-hydroxylation sites is 1. The number of nitrogens with zero attached hydrogens (tertiary/aromatic N) is 6. The Morgan fingerprint density at radius 3 is 2.53 bits per heavy atom. The van der Waals surface area contributed by atoms with Crippen LogP contribution in [0.2, 0.25) is 5.02 Å². The van der Waals surface area contributed by atoms with Crippen molar-refractivity contribution in [2.75, 3.05) is 56.0 Å². The number of anilines is 2. The van der Waals surface area contributed by atoms with Crippen molar-refractivity contribution in [1.29, 1.82) is 0 Å². The predicted molar refractivity (Wildman–Crippen MR) is 224 cm³/mol. The van der Waals surface area contributed by atoms with E-state index in [0.29, 0.717) is 84.1 Å². The summed E-state index contributed by atoms with van der Waals surface area (Å²) in [5.74, 6) is 0.625. The number of amides is 4. The Bertz CT molecular complexity index is 2490. The van der Waals surface area contributed by atoms with E-state index in [-0.39, 0.29) is 41.0 Å². The fourth-order valence-electron chi connectivity index (χ4n) is 8.68. The molecule has 3 N–H and O–H groups in total. The lowest BCUT2D eigenvalue weighted by atomic mass is 10.0. The molecule has 0 bridgehead atoms. The number of piperazine rings is 1. The van der Waals surface area contributed by atoms with Crippen molar-refractivity contribution in [1.82, 2.24) is 35.0 Å². The van der Waals surface area contributed by atoms with Crippen LogP contribution >= 0.6 is 11.6 Å². The molecule has 15 nitrogen and oxygen atoms in total. The first-order chi connectivity index (χ1) is 29.2. The molecule has 60 heavy (non-hydrogen) atoms. The average molecular weight is 830 g/mol. The molecule has 3 aromatic carbocycles. The van der Waals surface area contributed by atoms with E-state index in [1.165, 1.54) is 6.33 Å². The van der Waals surface area contributed by atoms with Crippen LogP contribution in [0.5, 0.6) is 11.5 Å². The number of ketones is 1. The summed E-state index contributed by atoms with van der Waals surface area (Å²) in [5, 5.41) is 6.70.